The summed E-state index contributed by atoms with van der Waals surface area (Å²) in [5.74, 6) is -0.785. The lowest BCUT2D eigenvalue weighted by atomic mass is 10.0. The summed E-state index contributed by atoms with van der Waals surface area (Å²) in [6.07, 6.45) is 95.2. The predicted molar refractivity (Wildman–Crippen MR) is 381 cm³/mol. The minimum Gasteiger partial charge on any atom is -0.462 e. The van der Waals surface area contributed by atoms with Crippen LogP contribution >= 0.6 is 7.82 Å². The van der Waals surface area contributed by atoms with Crippen LogP contribution in [0.2, 0.25) is 0 Å². The number of nitrogens with zero attached hydrogens (tertiary/aromatic N) is 1. The van der Waals surface area contributed by atoms with E-state index < -0.39 is 26.5 Å². The smallest absolute Gasteiger partial charge is 0.462 e. The van der Waals surface area contributed by atoms with Crippen LogP contribution in [0, 0.1) is 0 Å². The number of esters is 2. The average molecular weight is 1250 g/mol. The van der Waals surface area contributed by atoms with Gasteiger partial charge in [-0.05, 0) is 96.3 Å². The summed E-state index contributed by atoms with van der Waals surface area (Å²) in [5.41, 5.74) is 0. The third-order valence-electron chi connectivity index (χ3n) is 16.1. The van der Waals surface area contributed by atoms with Gasteiger partial charge in [0, 0.05) is 12.8 Å². The third-order valence-corrected chi connectivity index (χ3v) is 17.1. The Balaban J connectivity index is 3.99. The van der Waals surface area contributed by atoms with Gasteiger partial charge in [-0.3, -0.25) is 18.6 Å². The molecule has 0 aromatic rings. The molecule has 0 heterocycles. The van der Waals surface area contributed by atoms with Gasteiger partial charge in [-0.2, -0.15) is 0 Å². The molecule has 2 atom stereocenters. The van der Waals surface area contributed by atoms with Crippen LogP contribution in [-0.4, -0.2) is 74.9 Å². The number of ether oxygens (including phenoxy) is 2. The molecule has 0 aromatic carbocycles. The molecule has 0 saturated heterocycles. The van der Waals surface area contributed by atoms with E-state index in [0.29, 0.717) is 17.4 Å². The number of phosphoric ester groups is 1. The molecule has 0 aliphatic rings. The summed E-state index contributed by atoms with van der Waals surface area (Å²) in [6, 6.07) is 0. The Bertz CT molecular complexity index is 1810. The Morgan fingerprint density at radius 3 is 0.977 bits per heavy atom. The van der Waals surface area contributed by atoms with Crippen molar-refractivity contribution < 1.29 is 42.1 Å². The van der Waals surface area contributed by atoms with E-state index in [2.05, 4.69) is 111 Å². The normalized spacial score (nSPS) is 13.7. The van der Waals surface area contributed by atoms with Crippen molar-refractivity contribution in [2.24, 2.45) is 0 Å². The Morgan fingerprint density at radius 1 is 0.364 bits per heavy atom. The molecule has 0 spiro atoms. The number of allylic oxidation sites excluding steroid dienone is 16. The van der Waals surface area contributed by atoms with E-state index in [1.165, 1.54) is 225 Å². The standard InChI is InChI=1S/C78H140NO8P/c1-6-8-10-12-14-16-18-20-22-24-26-28-30-32-33-34-35-36-37-38-39-40-41-42-43-44-45-47-49-51-53-55-57-59-61-63-65-67-69-71-78(81)87-76(75-86-88(82,83)85-73-72-79(3,4)5)74-84-77(80)70-68-66-64-62-60-58-56-54-52-50-48-46-31-29-27-25-23-21-19-17-15-13-11-9-7-2/h8,10,14,16,20,22,25-28,32-33,35-36,38-39,76H,6-7,9,11-13,15,17-19,21,23-24,29-31,34,37,40-75H2,1-5H3/p+1/b10-8-,16-14-,22-20-,27-25-,28-26-,33-32-,36-35-,39-38-. The van der Waals surface area contributed by atoms with Gasteiger partial charge in [0.05, 0.1) is 27.7 Å². The van der Waals surface area contributed by atoms with Crippen LogP contribution in [0.4, 0.5) is 0 Å². The quantitative estimate of drug-likeness (QED) is 0.0211. The lowest BCUT2D eigenvalue weighted by Gasteiger charge is -2.24. The number of hydrogen-bond acceptors (Lipinski definition) is 7. The summed E-state index contributed by atoms with van der Waals surface area (Å²) in [4.78, 5) is 35.9. The summed E-state index contributed by atoms with van der Waals surface area (Å²) >= 11 is 0. The van der Waals surface area contributed by atoms with Crippen molar-refractivity contribution in [2.75, 3.05) is 47.5 Å². The first-order chi connectivity index (χ1) is 43.0. The van der Waals surface area contributed by atoms with E-state index in [0.717, 1.165) is 77.0 Å². The minimum atomic E-state index is -4.39. The summed E-state index contributed by atoms with van der Waals surface area (Å²) < 4.78 is 34.8. The molecule has 510 valence electrons. The van der Waals surface area contributed by atoms with E-state index in [4.69, 9.17) is 18.5 Å². The highest BCUT2D eigenvalue weighted by Gasteiger charge is 2.27. The molecule has 0 saturated carbocycles. The SMILES string of the molecule is CC/C=C\C/C=C\C/C=C\C/C=C\C/C=C\C/C=C\C/C=C\CCCCCCCCCCCCCCCCCCCC(=O)OC(COC(=O)CCCCCCCCCCCCCCC/C=C\CCCCCCCCCC)COP(=O)(O)OCC[N+](C)(C)C. The largest absolute Gasteiger partial charge is 0.472 e. The first-order valence-corrected chi connectivity index (χ1v) is 38.5. The zero-order valence-electron chi connectivity index (χ0n) is 58.2. The maximum absolute atomic E-state index is 12.9. The number of quaternary nitrogens is 1. The molecule has 9 nitrogen and oxygen atoms in total. The van der Waals surface area contributed by atoms with Gasteiger partial charge in [0.25, 0.3) is 0 Å². The van der Waals surface area contributed by atoms with E-state index in [-0.39, 0.29) is 32.0 Å². The topological polar surface area (TPSA) is 108 Å². The van der Waals surface area contributed by atoms with Gasteiger partial charge in [0.15, 0.2) is 6.10 Å². The Hall–Kier alpha value is -3.07. The lowest BCUT2D eigenvalue weighted by Crippen LogP contribution is -2.37. The van der Waals surface area contributed by atoms with Gasteiger partial charge < -0.3 is 18.9 Å². The van der Waals surface area contributed by atoms with E-state index in [1.807, 2.05) is 21.1 Å². The maximum Gasteiger partial charge on any atom is 0.472 e. The Kier molecular flexibility index (Phi) is 65.9. The third kappa shape index (κ3) is 72.0. The molecule has 2 unspecified atom stereocenters. The van der Waals surface area contributed by atoms with Gasteiger partial charge in [0.1, 0.15) is 19.8 Å². The van der Waals surface area contributed by atoms with E-state index >= 15 is 0 Å². The molecule has 0 bridgehead atoms. The fraction of sp³-hybridized carbons (Fsp3) is 0.769. The molecular weight excluding hydrogens is 1110 g/mol. The first-order valence-electron chi connectivity index (χ1n) is 37.0. The second kappa shape index (κ2) is 68.3. The molecule has 0 fully saturated rings. The second-order valence-corrected chi connectivity index (χ2v) is 27.4. The minimum absolute atomic E-state index is 0.0309. The Labute approximate surface area is 544 Å². The van der Waals surface area contributed by atoms with Crippen LogP contribution in [0.15, 0.2) is 97.2 Å². The van der Waals surface area contributed by atoms with Crippen molar-refractivity contribution in [1.29, 1.82) is 0 Å². The van der Waals surface area contributed by atoms with Crippen LogP contribution in [0.25, 0.3) is 0 Å². The Morgan fingerprint density at radius 2 is 0.648 bits per heavy atom. The monoisotopic (exact) mass is 1250 g/mol. The molecule has 0 radical (unpaired) electrons. The number of carbonyl (C=O) groups excluding carboxylic acids is 2. The van der Waals surface area contributed by atoms with Crippen molar-refractivity contribution in [2.45, 2.75) is 341 Å². The van der Waals surface area contributed by atoms with Crippen molar-refractivity contribution in [3.05, 3.63) is 97.2 Å². The zero-order valence-corrected chi connectivity index (χ0v) is 59.1. The summed E-state index contributed by atoms with van der Waals surface area (Å²) in [6.45, 7) is 4.36. The number of hydrogen-bond donors (Lipinski definition) is 1. The summed E-state index contributed by atoms with van der Waals surface area (Å²) in [7, 11) is 1.49. The highest BCUT2D eigenvalue weighted by atomic mass is 31.2. The van der Waals surface area contributed by atoms with Crippen LogP contribution in [-0.2, 0) is 32.7 Å². The highest BCUT2D eigenvalue weighted by molar-refractivity contribution is 7.47. The van der Waals surface area contributed by atoms with E-state index in [9.17, 15) is 19.0 Å². The number of rotatable bonds is 68. The molecule has 1 N–H and O–H groups in total. The van der Waals surface area contributed by atoms with E-state index in [1.54, 1.807) is 0 Å². The van der Waals surface area contributed by atoms with Crippen LogP contribution in [0.3, 0.4) is 0 Å². The average Bonchev–Trinajstić information content (AvgIpc) is 3.68. The predicted octanol–water partition coefficient (Wildman–Crippen LogP) is 24.3. The second-order valence-electron chi connectivity index (χ2n) is 25.9. The van der Waals surface area contributed by atoms with Gasteiger partial charge in [-0.1, -0.05) is 323 Å². The first kappa shape index (κ1) is 84.9. The van der Waals surface area contributed by atoms with Crippen LogP contribution in [0.1, 0.15) is 335 Å². The van der Waals surface area contributed by atoms with Crippen molar-refractivity contribution >= 4 is 19.8 Å². The maximum atomic E-state index is 12.9. The lowest BCUT2D eigenvalue weighted by molar-refractivity contribution is -0.870. The van der Waals surface area contributed by atoms with Gasteiger partial charge in [-0.15, -0.1) is 0 Å². The number of likely N-dealkylation sites (N-methyl/N-ethyl adjacent to an activating group) is 1. The number of carbonyl (C=O) groups is 2. The molecule has 0 amide bonds. The van der Waals surface area contributed by atoms with Gasteiger partial charge in [0.2, 0.25) is 0 Å². The molecule has 0 aliphatic carbocycles. The molecule has 0 rings (SSSR count). The fourth-order valence-corrected chi connectivity index (χ4v) is 11.2. The molecular formula is C78H141NO8P+. The summed E-state index contributed by atoms with van der Waals surface area (Å²) in [5, 5.41) is 0. The van der Waals surface area contributed by atoms with Crippen molar-refractivity contribution in [1.82, 2.24) is 0 Å². The molecule has 10 heteroatoms. The fourth-order valence-electron chi connectivity index (χ4n) is 10.5. The molecule has 88 heavy (non-hydrogen) atoms. The van der Waals surface area contributed by atoms with Gasteiger partial charge >= 0.3 is 19.8 Å². The highest BCUT2D eigenvalue weighted by Crippen LogP contribution is 2.43. The van der Waals surface area contributed by atoms with Crippen molar-refractivity contribution in [3.63, 3.8) is 0 Å². The van der Waals surface area contributed by atoms with Gasteiger partial charge in [-0.25, -0.2) is 4.57 Å². The van der Waals surface area contributed by atoms with Crippen LogP contribution in [0.5, 0.6) is 0 Å². The molecule has 0 aromatic heterocycles. The number of unbranched alkanes of at least 4 members (excludes halogenated alkanes) is 38. The molecule has 0 aliphatic heterocycles. The number of phosphoric acid groups is 1. The zero-order chi connectivity index (χ0) is 64.1. The van der Waals surface area contributed by atoms with Crippen LogP contribution < -0.4 is 0 Å². The van der Waals surface area contributed by atoms with Crippen molar-refractivity contribution in [3.8, 4) is 0 Å².